The fourth-order valence-corrected chi connectivity index (χ4v) is 3.92. The molecule has 176 valence electrons. The monoisotopic (exact) mass is 464 g/mol. The summed E-state index contributed by atoms with van der Waals surface area (Å²) >= 11 is 0. The highest BCUT2D eigenvalue weighted by Gasteiger charge is 2.17. The Bertz CT molecular complexity index is 1570. The number of nitrogens with one attached hydrogen (secondary N) is 1. The molecule has 5 aromatic rings. The van der Waals surface area contributed by atoms with Crippen LogP contribution in [0.2, 0.25) is 0 Å². The van der Waals surface area contributed by atoms with Gasteiger partial charge in [0.2, 0.25) is 5.43 Å². The number of rotatable bonds is 4. The maximum atomic E-state index is 13.0. The van der Waals surface area contributed by atoms with E-state index < -0.39 is 5.91 Å². The summed E-state index contributed by atoms with van der Waals surface area (Å²) in [4.78, 5) is 34.8. The van der Waals surface area contributed by atoms with Crippen LogP contribution >= 0.6 is 0 Å². The van der Waals surface area contributed by atoms with E-state index in [0.29, 0.717) is 11.0 Å². The van der Waals surface area contributed by atoms with Gasteiger partial charge in [-0.25, -0.2) is 4.98 Å². The van der Waals surface area contributed by atoms with Crippen molar-refractivity contribution in [2.75, 3.05) is 0 Å². The zero-order valence-electron chi connectivity index (χ0n) is 20.3. The first-order valence-electron chi connectivity index (χ1n) is 11.8. The first-order chi connectivity index (χ1) is 17.0. The van der Waals surface area contributed by atoms with Gasteiger partial charge in [-0.3, -0.25) is 14.6 Å². The van der Waals surface area contributed by atoms with Crippen molar-refractivity contribution in [3.63, 3.8) is 0 Å². The molecular weight excluding hydrogens is 436 g/mol. The van der Waals surface area contributed by atoms with Gasteiger partial charge in [-0.15, -0.1) is 0 Å². The summed E-state index contributed by atoms with van der Waals surface area (Å²) in [7, 11) is 0. The van der Waals surface area contributed by atoms with Crippen LogP contribution in [0.1, 0.15) is 38.1 Å². The van der Waals surface area contributed by atoms with Gasteiger partial charge in [-0.05, 0) is 55.8 Å². The normalized spacial score (nSPS) is 10.8. The van der Waals surface area contributed by atoms with Crippen LogP contribution in [-0.4, -0.2) is 26.5 Å². The van der Waals surface area contributed by atoms with Gasteiger partial charge in [0.15, 0.2) is 0 Å². The number of pyridine rings is 3. The van der Waals surface area contributed by atoms with Crippen LogP contribution in [0.5, 0.6) is 0 Å². The molecule has 0 aliphatic rings. The minimum absolute atomic E-state index is 0.0846. The fourth-order valence-electron chi connectivity index (χ4n) is 3.92. The van der Waals surface area contributed by atoms with Gasteiger partial charge in [0.1, 0.15) is 11.2 Å². The van der Waals surface area contributed by atoms with Crippen LogP contribution in [0.15, 0.2) is 90.1 Å². The van der Waals surface area contributed by atoms with E-state index in [4.69, 9.17) is 0 Å². The number of carbonyl (C=O) groups excluding carboxylic acids is 1. The lowest BCUT2D eigenvalue weighted by molar-refractivity contribution is 0.0941. The Morgan fingerprint density at radius 3 is 2.51 bits per heavy atom. The molecule has 0 saturated heterocycles. The first kappa shape index (κ1) is 23.8. The molecule has 0 aliphatic heterocycles. The molecule has 1 amide bonds. The summed E-state index contributed by atoms with van der Waals surface area (Å²) in [6.07, 6.45) is 5.07. The predicted octanol–water partition coefficient (Wildman–Crippen LogP) is 5.77. The maximum Gasteiger partial charge on any atom is 0.256 e. The van der Waals surface area contributed by atoms with E-state index in [-0.39, 0.29) is 17.0 Å². The van der Waals surface area contributed by atoms with Crippen molar-refractivity contribution < 1.29 is 4.79 Å². The van der Waals surface area contributed by atoms with E-state index >= 15 is 0 Å². The quantitative estimate of drug-likeness (QED) is 0.367. The van der Waals surface area contributed by atoms with E-state index in [1.807, 2.05) is 82.4 Å². The van der Waals surface area contributed by atoms with Crippen LogP contribution < -0.4 is 10.7 Å². The van der Waals surface area contributed by atoms with Gasteiger partial charge >= 0.3 is 0 Å². The van der Waals surface area contributed by atoms with E-state index in [2.05, 4.69) is 21.4 Å². The molecule has 35 heavy (non-hydrogen) atoms. The van der Waals surface area contributed by atoms with Crippen molar-refractivity contribution in [3.8, 4) is 16.8 Å². The molecule has 0 radical (unpaired) electrons. The van der Waals surface area contributed by atoms with Crippen molar-refractivity contribution in [2.45, 2.75) is 33.7 Å². The van der Waals surface area contributed by atoms with Crippen LogP contribution in [0.25, 0.3) is 38.8 Å². The molecule has 0 fully saturated rings. The zero-order chi connectivity index (χ0) is 24.9. The largest absolute Gasteiger partial charge is 0.350 e. The Balaban J connectivity index is 0.00000141. The molecule has 5 rings (SSSR count). The summed E-state index contributed by atoms with van der Waals surface area (Å²) in [6, 6.07) is 21.3. The van der Waals surface area contributed by atoms with Crippen molar-refractivity contribution in [1.29, 1.82) is 0 Å². The molecular formula is C29H28N4O2. The van der Waals surface area contributed by atoms with Gasteiger partial charge in [0.05, 0.1) is 10.9 Å². The van der Waals surface area contributed by atoms with Gasteiger partial charge < -0.3 is 9.88 Å². The molecule has 0 bridgehead atoms. The first-order valence-corrected chi connectivity index (χ1v) is 11.8. The molecule has 0 atom stereocenters. The second-order valence-corrected chi connectivity index (χ2v) is 8.21. The molecule has 0 spiro atoms. The number of aromatic nitrogens is 3. The van der Waals surface area contributed by atoms with Crippen LogP contribution in [0.3, 0.4) is 0 Å². The SMILES string of the molecule is CC.CC(C)NC(=O)c1cn(-c2cccc(-c3cnc4ccccc4c3)c2)c2ncccc2c1=O. The summed E-state index contributed by atoms with van der Waals surface area (Å²) in [5.41, 5.74) is 3.94. The van der Waals surface area contributed by atoms with Gasteiger partial charge in [0.25, 0.3) is 5.91 Å². The number of para-hydroxylation sites is 1. The number of hydrogen-bond acceptors (Lipinski definition) is 4. The van der Waals surface area contributed by atoms with Gasteiger partial charge in [-0.2, -0.15) is 0 Å². The molecule has 1 N–H and O–H groups in total. The Morgan fingerprint density at radius 1 is 0.914 bits per heavy atom. The van der Waals surface area contributed by atoms with Crippen molar-refractivity contribution in [3.05, 3.63) is 101 Å². The van der Waals surface area contributed by atoms with E-state index in [9.17, 15) is 9.59 Å². The zero-order valence-corrected chi connectivity index (χ0v) is 20.3. The lowest BCUT2D eigenvalue weighted by atomic mass is 10.0. The second-order valence-electron chi connectivity index (χ2n) is 8.21. The molecule has 0 unspecified atom stereocenters. The molecule has 2 aromatic carbocycles. The van der Waals surface area contributed by atoms with Crippen molar-refractivity contribution >= 4 is 27.8 Å². The van der Waals surface area contributed by atoms with Crippen LogP contribution in [-0.2, 0) is 0 Å². The number of nitrogens with zero attached hydrogens (tertiary/aromatic N) is 3. The number of hydrogen-bond donors (Lipinski definition) is 1. The number of benzene rings is 2. The van der Waals surface area contributed by atoms with Gasteiger partial charge in [0, 0.05) is 41.3 Å². The average Bonchev–Trinajstić information content (AvgIpc) is 2.89. The van der Waals surface area contributed by atoms with E-state index in [0.717, 1.165) is 27.7 Å². The third kappa shape index (κ3) is 4.82. The molecule has 0 aliphatic carbocycles. The third-order valence-electron chi connectivity index (χ3n) is 5.47. The lowest BCUT2D eigenvalue weighted by Crippen LogP contribution is -2.34. The smallest absolute Gasteiger partial charge is 0.256 e. The number of carbonyl (C=O) groups is 1. The Kier molecular flexibility index (Phi) is 7.01. The Morgan fingerprint density at radius 2 is 1.71 bits per heavy atom. The third-order valence-corrected chi connectivity index (χ3v) is 5.47. The highest BCUT2D eigenvalue weighted by atomic mass is 16.2. The molecule has 6 nitrogen and oxygen atoms in total. The average molecular weight is 465 g/mol. The maximum absolute atomic E-state index is 13.0. The predicted molar refractivity (Wildman–Crippen MR) is 142 cm³/mol. The van der Waals surface area contributed by atoms with Crippen LogP contribution in [0.4, 0.5) is 0 Å². The van der Waals surface area contributed by atoms with Crippen LogP contribution in [0, 0.1) is 0 Å². The van der Waals surface area contributed by atoms with Gasteiger partial charge in [-0.1, -0.05) is 44.2 Å². The van der Waals surface area contributed by atoms with E-state index in [1.54, 1.807) is 29.1 Å². The highest BCUT2D eigenvalue weighted by molar-refractivity contribution is 5.97. The minimum Gasteiger partial charge on any atom is -0.350 e. The summed E-state index contributed by atoms with van der Waals surface area (Å²) < 4.78 is 1.80. The number of fused-ring (bicyclic) bond motifs is 2. The molecule has 0 saturated carbocycles. The highest BCUT2D eigenvalue weighted by Crippen LogP contribution is 2.26. The molecule has 3 heterocycles. The summed E-state index contributed by atoms with van der Waals surface area (Å²) in [5, 5.41) is 4.27. The molecule has 3 aromatic heterocycles. The summed E-state index contributed by atoms with van der Waals surface area (Å²) in [6.45, 7) is 7.72. The standard InChI is InChI=1S/C27H22N4O2.C2H6/c1-17(2)30-27(33)23-16-31(26-22(25(23)32)10-6-12-28-26)21-9-5-8-18(14-21)20-13-19-7-3-4-11-24(19)29-15-20;1-2/h3-17H,1-2H3,(H,30,33);1-2H3. The second kappa shape index (κ2) is 10.3. The van der Waals surface area contributed by atoms with Crippen molar-refractivity contribution in [2.24, 2.45) is 0 Å². The Labute approximate surface area is 204 Å². The topological polar surface area (TPSA) is 76.9 Å². The Hall–Kier alpha value is -4.32. The fraction of sp³-hybridized carbons (Fsp3) is 0.172. The van der Waals surface area contributed by atoms with E-state index in [1.165, 1.54) is 0 Å². The summed E-state index contributed by atoms with van der Waals surface area (Å²) in [5.74, 6) is -0.399. The molecule has 6 heteroatoms. The number of amides is 1. The minimum atomic E-state index is -0.399. The van der Waals surface area contributed by atoms with Crippen molar-refractivity contribution in [1.82, 2.24) is 19.9 Å². The lowest BCUT2D eigenvalue weighted by Gasteiger charge is -2.15.